The lowest BCUT2D eigenvalue weighted by molar-refractivity contribution is -0.159. The molecule has 0 aromatic carbocycles. The van der Waals surface area contributed by atoms with E-state index >= 15 is 0 Å². The second-order valence-electron chi connectivity index (χ2n) is 12.7. The molecule has 8 heteroatoms. The highest BCUT2D eigenvalue weighted by atomic mass is 16.4. The molecule has 3 unspecified atom stereocenters. The first-order valence-electron chi connectivity index (χ1n) is 13.1. The van der Waals surface area contributed by atoms with Gasteiger partial charge in [-0.1, -0.05) is 20.8 Å². The lowest BCUT2D eigenvalue weighted by Crippen LogP contribution is -2.61. The van der Waals surface area contributed by atoms with Crippen molar-refractivity contribution in [1.82, 2.24) is 0 Å². The van der Waals surface area contributed by atoms with Gasteiger partial charge in [0, 0.05) is 11.3 Å². The Morgan fingerprint density at radius 3 is 2.46 bits per heavy atom. The maximum Gasteiger partial charge on any atom is 0.335 e. The molecule has 0 spiro atoms. The highest BCUT2D eigenvalue weighted by Crippen LogP contribution is 2.68. The van der Waals surface area contributed by atoms with E-state index in [9.17, 15) is 40.2 Å². The lowest BCUT2D eigenvalue weighted by Gasteiger charge is -2.60. The van der Waals surface area contributed by atoms with Crippen LogP contribution in [0.2, 0.25) is 0 Å². The van der Waals surface area contributed by atoms with E-state index in [0.29, 0.717) is 25.7 Å². The van der Waals surface area contributed by atoms with E-state index in [-0.39, 0.29) is 48.7 Å². The Balaban J connectivity index is 1.59. The van der Waals surface area contributed by atoms with E-state index in [0.717, 1.165) is 12.0 Å². The molecule has 8 nitrogen and oxygen atoms in total. The number of ketones is 1. The molecule has 0 aromatic rings. The van der Waals surface area contributed by atoms with Gasteiger partial charge in [0.15, 0.2) is 11.4 Å². The highest BCUT2D eigenvalue weighted by Gasteiger charge is 2.67. The van der Waals surface area contributed by atoms with Crippen LogP contribution in [-0.4, -0.2) is 71.9 Å². The van der Waals surface area contributed by atoms with Crippen molar-refractivity contribution < 1.29 is 40.2 Å². The van der Waals surface area contributed by atoms with Gasteiger partial charge in [0.05, 0.1) is 23.9 Å². The van der Waals surface area contributed by atoms with Crippen LogP contribution < -0.4 is 0 Å². The van der Waals surface area contributed by atoms with E-state index in [1.165, 1.54) is 6.92 Å². The van der Waals surface area contributed by atoms with Gasteiger partial charge in [-0.05, 0) is 93.1 Å². The van der Waals surface area contributed by atoms with Gasteiger partial charge in [0.2, 0.25) is 0 Å². The second-order valence-corrected chi connectivity index (χ2v) is 12.7. The van der Waals surface area contributed by atoms with Crippen molar-refractivity contribution in [2.75, 3.05) is 0 Å². The van der Waals surface area contributed by atoms with Crippen molar-refractivity contribution in [3.63, 3.8) is 0 Å². The fraction of sp³-hybridized carbons (Fsp3) is 0.852. The summed E-state index contributed by atoms with van der Waals surface area (Å²) < 4.78 is 0. The molecule has 4 rings (SSSR count). The first kappa shape index (κ1) is 26.7. The van der Waals surface area contributed by atoms with Crippen LogP contribution in [0.1, 0.15) is 79.1 Å². The number of hydrogen-bond acceptors (Lipinski definition) is 7. The van der Waals surface area contributed by atoms with Gasteiger partial charge < -0.3 is 30.6 Å². The molecule has 3 fully saturated rings. The van der Waals surface area contributed by atoms with Gasteiger partial charge in [-0.3, -0.25) is 4.79 Å². The Kier molecular flexibility index (Phi) is 6.59. The summed E-state index contributed by atoms with van der Waals surface area (Å²) in [5, 5.41) is 63.0. The average Bonchev–Trinajstić information content (AvgIpc) is 3.05. The number of rotatable bonds is 6. The number of carboxylic acids is 1. The minimum atomic E-state index is -1.91. The molecule has 198 valence electrons. The fourth-order valence-electron chi connectivity index (χ4n) is 8.32. The molecule has 0 radical (unpaired) electrons. The summed E-state index contributed by atoms with van der Waals surface area (Å²) in [6.45, 7) is 7.20. The van der Waals surface area contributed by atoms with E-state index < -0.39 is 46.3 Å². The van der Waals surface area contributed by atoms with Crippen LogP contribution in [0.4, 0.5) is 0 Å². The SMILES string of the molecule is C[C@@H](C1CC[C@@]2(O)C3=CC(=O)[C@@H]4C[C@@H](O)[C@@H](O)C[C@]4(C)C3CC[C@]12C)[C@H](O)CCC(C)(O)C(=O)O. The van der Waals surface area contributed by atoms with Gasteiger partial charge in [0.25, 0.3) is 0 Å². The number of aliphatic carboxylic acids is 1. The van der Waals surface area contributed by atoms with Gasteiger partial charge in [-0.25, -0.2) is 4.79 Å². The first-order valence-corrected chi connectivity index (χ1v) is 13.1. The van der Waals surface area contributed by atoms with Gasteiger partial charge >= 0.3 is 5.97 Å². The summed E-state index contributed by atoms with van der Waals surface area (Å²) >= 11 is 0. The molecule has 4 aliphatic rings. The Morgan fingerprint density at radius 1 is 1.17 bits per heavy atom. The Morgan fingerprint density at radius 2 is 1.83 bits per heavy atom. The molecule has 35 heavy (non-hydrogen) atoms. The molecule has 0 heterocycles. The number of carboxylic acid groups (broad SMARTS) is 1. The summed E-state index contributed by atoms with van der Waals surface area (Å²) in [6, 6.07) is 0. The number of aliphatic hydroxyl groups is 5. The van der Waals surface area contributed by atoms with Crippen molar-refractivity contribution in [2.45, 2.75) is 109 Å². The first-order chi connectivity index (χ1) is 16.1. The van der Waals surface area contributed by atoms with Gasteiger partial charge in [0.1, 0.15) is 0 Å². The van der Waals surface area contributed by atoms with Crippen molar-refractivity contribution in [2.24, 2.45) is 34.5 Å². The predicted octanol–water partition coefficient (Wildman–Crippen LogP) is 1.80. The van der Waals surface area contributed by atoms with E-state index in [1.807, 2.05) is 20.8 Å². The molecular formula is C27H42O8. The van der Waals surface area contributed by atoms with Crippen LogP contribution in [0.25, 0.3) is 0 Å². The number of allylic oxidation sites excluding steroid dienone is 1. The third kappa shape index (κ3) is 3.91. The summed E-state index contributed by atoms with van der Waals surface area (Å²) in [7, 11) is 0. The fourth-order valence-corrected chi connectivity index (χ4v) is 8.32. The highest BCUT2D eigenvalue weighted by molar-refractivity contribution is 5.95. The number of carbonyl (C=O) groups is 2. The van der Waals surface area contributed by atoms with Crippen molar-refractivity contribution in [3.05, 3.63) is 11.6 Å². The zero-order valence-electron chi connectivity index (χ0n) is 21.3. The maximum absolute atomic E-state index is 13.2. The van der Waals surface area contributed by atoms with Crippen molar-refractivity contribution in [1.29, 1.82) is 0 Å². The van der Waals surface area contributed by atoms with Gasteiger partial charge in [-0.15, -0.1) is 0 Å². The second kappa shape index (κ2) is 8.62. The van der Waals surface area contributed by atoms with E-state index in [4.69, 9.17) is 0 Å². The predicted molar refractivity (Wildman–Crippen MR) is 127 cm³/mol. The zero-order valence-corrected chi connectivity index (χ0v) is 21.3. The summed E-state index contributed by atoms with van der Waals surface area (Å²) in [5.41, 5.74) is -3.46. The largest absolute Gasteiger partial charge is 0.479 e. The van der Waals surface area contributed by atoms with Crippen LogP contribution in [0.15, 0.2) is 11.6 Å². The quantitative estimate of drug-likeness (QED) is 0.327. The van der Waals surface area contributed by atoms with Crippen molar-refractivity contribution in [3.8, 4) is 0 Å². The monoisotopic (exact) mass is 494 g/mol. The minimum absolute atomic E-state index is 0.0430. The topological polar surface area (TPSA) is 156 Å². The van der Waals surface area contributed by atoms with E-state index in [1.54, 1.807) is 6.08 Å². The average molecular weight is 495 g/mol. The minimum Gasteiger partial charge on any atom is -0.479 e. The third-order valence-electron chi connectivity index (χ3n) is 10.8. The van der Waals surface area contributed by atoms with Crippen LogP contribution in [0.3, 0.4) is 0 Å². The van der Waals surface area contributed by atoms with Gasteiger partial charge in [-0.2, -0.15) is 0 Å². The molecule has 3 saturated carbocycles. The van der Waals surface area contributed by atoms with Crippen molar-refractivity contribution >= 4 is 11.8 Å². The van der Waals surface area contributed by atoms with E-state index in [2.05, 4.69) is 0 Å². The number of hydrogen-bond donors (Lipinski definition) is 6. The van der Waals surface area contributed by atoms with Crippen LogP contribution >= 0.6 is 0 Å². The molecule has 0 amide bonds. The summed E-state index contributed by atoms with van der Waals surface area (Å²) in [6.07, 6.45) is 2.20. The summed E-state index contributed by atoms with van der Waals surface area (Å²) in [4.78, 5) is 24.5. The molecule has 0 saturated heterocycles. The molecule has 4 aliphatic carbocycles. The van der Waals surface area contributed by atoms with Crippen LogP contribution in [-0.2, 0) is 9.59 Å². The molecule has 0 aliphatic heterocycles. The standard InChI is InChI=1S/C27H42O8/c1-14(19(28)7-9-26(4,34)23(32)33)15-6-10-27(35)17-11-20(29)18-12-21(30)22(31)13-24(18,2)16(17)5-8-25(15,27)3/h11,14-16,18-19,21-22,28,30-31,34-35H,5-10,12-13H2,1-4H3,(H,32,33)/t14-,15?,16?,18-,19+,21+,22-,24+,25+,26?,27+/m0/s1. The Hall–Kier alpha value is -1.32. The third-order valence-corrected chi connectivity index (χ3v) is 10.8. The van der Waals surface area contributed by atoms with Crippen LogP contribution in [0.5, 0.6) is 0 Å². The number of aliphatic hydroxyl groups excluding tert-OH is 3. The number of carbonyl (C=O) groups excluding carboxylic acids is 1. The summed E-state index contributed by atoms with van der Waals surface area (Å²) in [5.74, 6) is -2.12. The smallest absolute Gasteiger partial charge is 0.335 e. The number of fused-ring (bicyclic) bond motifs is 5. The maximum atomic E-state index is 13.2. The van der Waals surface area contributed by atoms with Crippen LogP contribution in [0, 0.1) is 34.5 Å². The lowest BCUT2D eigenvalue weighted by atomic mass is 9.46. The normalized spacial score (nSPS) is 46.5. The Bertz CT molecular complexity index is 913. The molecule has 0 bridgehead atoms. The Labute approximate surface area is 207 Å². The molecule has 11 atom stereocenters. The molecule has 0 aromatic heterocycles. The molecular weight excluding hydrogens is 452 g/mol. The molecule has 6 N–H and O–H groups in total. The zero-order chi connectivity index (χ0) is 26.1.